The Morgan fingerprint density at radius 3 is 1.65 bits per heavy atom. The average molecular weight is 274 g/mol. The molecule has 0 amide bonds. The molecule has 10 rings (SSSR count). The van der Waals surface area contributed by atoms with E-state index >= 15 is 0 Å². The summed E-state index contributed by atoms with van der Waals surface area (Å²) in [7, 11) is 0. The number of unbranched alkanes of at least 4 members (excludes halogenated alkanes) is 1. The first kappa shape index (κ1) is 6.74. The fourth-order valence-corrected chi connectivity index (χ4v) is 92.6. The Bertz CT molecular complexity index is 945. The van der Waals surface area contributed by atoms with Gasteiger partial charge in [-0.05, 0) is 0 Å². The first-order valence-corrected chi connectivity index (χ1v) is 13.7. The zero-order chi connectivity index (χ0) is 11.0. The van der Waals surface area contributed by atoms with Crippen molar-refractivity contribution in [2.24, 2.45) is 0 Å². The summed E-state index contributed by atoms with van der Waals surface area (Å²) < 4.78 is -0.0342. The molecular formula is C14H18FeO2. The number of aliphatic hydroxyl groups is 2. The summed E-state index contributed by atoms with van der Waals surface area (Å²) in [5.74, 6) is 0. The minimum absolute atomic E-state index is 0.352. The summed E-state index contributed by atoms with van der Waals surface area (Å²) in [6.07, 6.45) is 4.10. The van der Waals surface area contributed by atoms with Gasteiger partial charge in [0.25, 0.3) is 0 Å². The molecule has 0 aromatic rings. The quantitative estimate of drug-likeness (QED) is 0.777. The maximum absolute atomic E-state index is 11.4. The van der Waals surface area contributed by atoms with Crippen molar-refractivity contribution in [3.8, 4) is 0 Å². The molecule has 10 aliphatic rings. The molecule has 17 heavy (non-hydrogen) atoms. The Balaban J connectivity index is 1.63. The molecule has 0 aromatic carbocycles. The number of rotatable bonds is 3. The van der Waals surface area contributed by atoms with Crippen LogP contribution in [0.4, 0.5) is 0 Å². The monoisotopic (exact) mass is 274 g/mol. The van der Waals surface area contributed by atoms with Gasteiger partial charge in [0.05, 0.1) is 0 Å². The van der Waals surface area contributed by atoms with Crippen LogP contribution in [0.25, 0.3) is 0 Å². The number of hydrogen-bond acceptors (Lipinski definition) is 2. The van der Waals surface area contributed by atoms with E-state index in [9.17, 15) is 10.2 Å². The molecule has 2 nitrogen and oxygen atoms in total. The number of hydrogen-bond donors (Lipinski definition) is 2. The molecule has 4 atom stereocenters. The summed E-state index contributed by atoms with van der Waals surface area (Å²) in [5, 5.41) is 22.7. The molecule has 3 heteroatoms. The van der Waals surface area contributed by atoms with Gasteiger partial charge >= 0.3 is 89.9 Å². The van der Waals surface area contributed by atoms with Crippen molar-refractivity contribution in [2.45, 2.75) is 73.2 Å². The summed E-state index contributed by atoms with van der Waals surface area (Å²) in [6.45, 7) is -1.49. The van der Waals surface area contributed by atoms with E-state index < -0.39 is 6.51 Å². The number of fused-ring (bicyclic) bond motifs is 10. The van der Waals surface area contributed by atoms with Gasteiger partial charge < -0.3 is 0 Å². The van der Waals surface area contributed by atoms with Crippen molar-refractivity contribution in [3.05, 3.63) is 0 Å². The normalized spacial score (nSPS) is 128. The molecule has 2 N–H and O–H groups in total. The van der Waals surface area contributed by atoms with Gasteiger partial charge in [-0.3, -0.25) is 0 Å². The van der Waals surface area contributed by atoms with E-state index in [1.807, 2.05) is 0 Å². The molecule has 10 heterocycles. The minimum atomic E-state index is -3.79. The van der Waals surface area contributed by atoms with E-state index in [-0.39, 0.29) is 9.00 Å². The second-order valence-electron chi connectivity index (χ2n) is 11.0. The predicted octanol–water partition coefficient (Wildman–Crippen LogP) is 2.74. The summed E-state index contributed by atoms with van der Waals surface area (Å²) in [6, 6.07) is 0. The Kier molecular flexibility index (Phi) is 0.203. The van der Waals surface area contributed by atoms with E-state index in [1.54, 1.807) is 0 Å². The fraction of sp³-hybridized carbons (Fsp3) is 1.00. The van der Waals surface area contributed by atoms with E-state index in [0.717, 1.165) is 33.7 Å². The van der Waals surface area contributed by atoms with Gasteiger partial charge in [-0.2, -0.15) is 0 Å². The molecule has 0 bridgehead atoms. The van der Waals surface area contributed by atoms with Gasteiger partial charge in [-0.15, -0.1) is 0 Å². The van der Waals surface area contributed by atoms with Gasteiger partial charge in [0.2, 0.25) is 0 Å². The topological polar surface area (TPSA) is 40.5 Å². The average Bonchev–Trinajstić information content (AvgIpc) is 3.23. The van der Waals surface area contributed by atoms with Crippen LogP contribution < -0.4 is 0 Å². The SMILES string of the molecule is CCCC[C]12[CH]3[C]4(O)[C]5(O)[CH]1[Fe]32451678[CH]2[CH]1[CH]6[CH]7[CH]28. The van der Waals surface area contributed by atoms with Gasteiger partial charge in [0, 0.05) is 0 Å². The zero-order valence-electron chi connectivity index (χ0n) is 9.91. The first-order valence-electron chi connectivity index (χ1n) is 7.54. The molecule has 10 fully saturated rings. The van der Waals surface area contributed by atoms with E-state index in [0.29, 0.717) is 4.31 Å². The molecule has 10 aliphatic heterocycles. The zero-order valence-corrected chi connectivity index (χ0v) is 11.0. The molecule has 0 aromatic heterocycles. The van der Waals surface area contributed by atoms with Gasteiger partial charge in [-0.1, -0.05) is 0 Å². The van der Waals surface area contributed by atoms with Crippen LogP contribution in [0.2, 0.25) is 38.0 Å². The maximum atomic E-state index is 11.4. The Morgan fingerprint density at radius 2 is 1.41 bits per heavy atom. The predicted molar refractivity (Wildman–Crippen MR) is 58.4 cm³/mol. The Hall–Kier alpha value is 0.439. The van der Waals surface area contributed by atoms with Crippen LogP contribution in [0.1, 0.15) is 26.2 Å². The third-order valence-electron chi connectivity index (χ3n) is 16.0. The van der Waals surface area contributed by atoms with Crippen molar-refractivity contribution >= 4 is 0 Å². The fourth-order valence-electron chi connectivity index (χ4n) is 18.2. The van der Waals surface area contributed by atoms with E-state index in [2.05, 4.69) is 6.92 Å². The van der Waals surface area contributed by atoms with Crippen molar-refractivity contribution in [1.82, 2.24) is 0 Å². The second-order valence-corrected chi connectivity index (χ2v) is 34.0. The van der Waals surface area contributed by atoms with Gasteiger partial charge in [0.15, 0.2) is 0 Å². The second kappa shape index (κ2) is 0.513. The standard InChI is InChI=1S/C9H13O2.C5H5.Fe/c1-2-3-4-7-5-8(10)9(11)6-7;1-2-4-5-3-1;/h5-6,10-11H,2-4H2,1H3;1-5H;. The summed E-state index contributed by atoms with van der Waals surface area (Å²) in [4.78, 5) is 6.56. The van der Waals surface area contributed by atoms with E-state index in [1.165, 1.54) is 19.3 Å². The summed E-state index contributed by atoms with van der Waals surface area (Å²) >= 11 is 0. The van der Waals surface area contributed by atoms with Crippen LogP contribution in [0.15, 0.2) is 0 Å². The molecule has 0 saturated carbocycles. The van der Waals surface area contributed by atoms with Crippen LogP contribution in [0.5, 0.6) is 0 Å². The van der Waals surface area contributed by atoms with Crippen LogP contribution in [0, 0.1) is 0 Å². The molecule has 10 saturated heterocycles. The molecule has 4 unspecified atom stereocenters. The van der Waals surface area contributed by atoms with Crippen molar-refractivity contribution in [1.29, 1.82) is 0 Å². The molecule has 94 valence electrons. The van der Waals surface area contributed by atoms with Gasteiger partial charge in [-0.25, -0.2) is 0 Å². The van der Waals surface area contributed by atoms with Crippen LogP contribution in [0.3, 0.4) is 0 Å². The first-order chi connectivity index (χ1) is 7.88. The van der Waals surface area contributed by atoms with Crippen LogP contribution in [-0.2, 0) is 6.51 Å². The third kappa shape index (κ3) is 0.0569. The van der Waals surface area contributed by atoms with Crippen molar-refractivity contribution < 1.29 is 16.7 Å². The molecule has 0 aliphatic carbocycles. The Labute approximate surface area is 90.1 Å². The van der Waals surface area contributed by atoms with Crippen LogP contribution >= 0.6 is 0 Å². The van der Waals surface area contributed by atoms with Crippen molar-refractivity contribution in [2.75, 3.05) is 0 Å². The van der Waals surface area contributed by atoms with Crippen LogP contribution in [-0.4, -0.2) is 19.2 Å². The Morgan fingerprint density at radius 1 is 0.941 bits per heavy atom. The molecule has 1 spiro atoms. The summed E-state index contributed by atoms with van der Waals surface area (Å²) in [5.41, 5.74) is 0. The third-order valence-corrected chi connectivity index (χ3v) is 58.9. The molecule has 0 radical (unpaired) electrons. The van der Waals surface area contributed by atoms with E-state index in [4.69, 9.17) is 0 Å². The van der Waals surface area contributed by atoms with Gasteiger partial charge in [0.1, 0.15) is 0 Å². The molecular weight excluding hydrogens is 256 g/mol. The van der Waals surface area contributed by atoms with Crippen molar-refractivity contribution in [3.63, 3.8) is 0 Å².